The summed E-state index contributed by atoms with van der Waals surface area (Å²) >= 11 is 5.87. The molecule has 0 saturated heterocycles. The number of halogens is 1. The third kappa shape index (κ3) is 3.63. The normalized spacial score (nSPS) is 12.5. The SMILES string of the molecule is CC(CO)NCC(=O)c1ccccc1Cl. The van der Waals surface area contributed by atoms with E-state index >= 15 is 0 Å². The van der Waals surface area contributed by atoms with Gasteiger partial charge in [-0.15, -0.1) is 0 Å². The number of hydrogen-bond donors (Lipinski definition) is 2. The van der Waals surface area contributed by atoms with Crippen LogP contribution < -0.4 is 5.32 Å². The maximum Gasteiger partial charge on any atom is 0.178 e. The number of nitrogens with one attached hydrogen (secondary N) is 1. The zero-order chi connectivity index (χ0) is 11.3. The Kier molecular flexibility index (Phi) is 4.75. The molecule has 0 saturated carbocycles. The fraction of sp³-hybridized carbons (Fsp3) is 0.364. The molecule has 0 heterocycles. The van der Waals surface area contributed by atoms with Crippen LogP contribution in [0.5, 0.6) is 0 Å². The van der Waals surface area contributed by atoms with E-state index in [4.69, 9.17) is 16.7 Å². The lowest BCUT2D eigenvalue weighted by molar-refractivity contribution is 0.0984. The lowest BCUT2D eigenvalue weighted by atomic mass is 10.1. The summed E-state index contributed by atoms with van der Waals surface area (Å²) in [5.41, 5.74) is 0.511. The minimum atomic E-state index is -0.0866. The Morgan fingerprint density at radius 2 is 2.20 bits per heavy atom. The van der Waals surface area contributed by atoms with E-state index in [1.165, 1.54) is 0 Å². The van der Waals surface area contributed by atoms with Crippen molar-refractivity contribution in [2.45, 2.75) is 13.0 Å². The quantitative estimate of drug-likeness (QED) is 0.750. The van der Waals surface area contributed by atoms with Gasteiger partial charge < -0.3 is 10.4 Å². The Morgan fingerprint density at radius 1 is 1.53 bits per heavy atom. The zero-order valence-corrected chi connectivity index (χ0v) is 9.29. The maximum absolute atomic E-state index is 11.7. The van der Waals surface area contributed by atoms with Crippen LogP contribution in [0.25, 0.3) is 0 Å². The van der Waals surface area contributed by atoms with Crippen molar-refractivity contribution in [3.8, 4) is 0 Å². The van der Waals surface area contributed by atoms with Crippen LogP contribution in [0, 0.1) is 0 Å². The molecule has 0 fully saturated rings. The molecule has 0 aliphatic heterocycles. The Bertz CT molecular complexity index is 341. The summed E-state index contributed by atoms with van der Waals surface area (Å²) in [6, 6.07) is 6.84. The molecule has 82 valence electrons. The summed E-state index contributed by atoms with van der Waals surface area (Å²) in [6.45, 7) is 2.00. The van der Waals surface area contributed by atoms with Crippen LogP contribution in [-0.4, -0.2) is 30.1 Å². The van der Waals surface area contributed by atoms with Crippen molar-refractivity contribution in [2.75, 3.05) is 13.2 Å². The summed E-state index contributed by atoms with van der Waals surface area (Å²) < 4.78 is 0. The molecule has 0 spiro atoms. The lowest BCUT2D eigenvalue weighted by Crippen LogP contribution is -2.33. The smallest absolute Gasteiger partial charge is 0.178 e. The molecule has 0 aliphatic rings. The fourth-order valence-corrected chi connectivity index (χ4v) is 1.36. The van der Waals surface area contributed by atoms with Crippen molar-refractivity contribution in [3.63, 3.8) is 0 Å². The Labute approximate surface area is 94.1 Å². The topological polar surface area (TPSA) is 49.3 Å². The molecule has 15 heavy (non-hydrogen) atoms. The van der Waals surface area contributed by atoms with Gasteiger partial charge in [-0.2, -0.15) is 0 Å². The molecule has 0 bridgehead atoms. The van der Waals surface area contributed by atoms with E-state index in [1.54, 1.807) is 31.2 Å². The summed E-state index contributed by atoms with van der Waals surface area (Å²) in [7, 11) is 0. The molecule has 0 amide bonds. The van der Waals surface area contributed by atoms with E-state index in [0.29, 0.717) is 10.6 Å². The molecule has 1 aromatic carbocycles. The van der Waals surface area contributed by atoms with E-state index in [0.717, 1.165) is 0 Å². The van der Waals surface area contributed by atoms with Gasteiger partial charge in [0.1, 0.15) is 0 Å². The third-order valence-corrected chi connectivity index (χ3v) is 2.39. The first-order chi connectivity index (χ1) is 7.15. The highest BCUT2D eigenvalue weighted by Crippen LogP contribution is 2.14. The summed E-state index contributed by atoms with van der Waals surface area (Å²) in [6.07, 6.45) is 0. The highest BCUT2D eigenvalue weighted by Gasteiger charge is 2.10. The Morgan fingerprint density at radius 3 is 2.80 bits per heavy atom. The third-order valence-electron chi connectivity index (χ3n) is 2.06. The average Bonchev–Trinajstić information content (AvgIpc) is 2.26. The standard InChI is InChI=1S/C11H14ClNO2/c1-8(7-14)13-6-11(15)9-4-2-3-5-10(9)12/h2-5,8,13-14H,6-7H2,1H3. The van der Waals surface area contributed by atoms with Crippen LogP contribution in [0.3, 0.4) is 0 Å². The van der Waals surface area contributed by atoms with Gasteiger partial charge in [0.15, 0.2) is 5.78 Å². The van der Waals surface area contributed by atoms with Gasteiger partial charge in [0.25, 0.3) is 0 Å². The second kappa shape index (κ2) is 5.85. The maximum atomic E-state index is 11.7. The van der Waals surface area contributed by atoms with Crippen molar-refractivity contribution >= 4 is 17.4 Å². The van der Waals surface area contributed by atoms with E-state index < -0.39 is 0 Å². The monoisotopic (exact) mass is 227 g/mol. The van der Waals surface area contributed by atoms with Crippen LogP contribution in [0.2, 0.25) is 5.02 Å². The van der Waals surface area contributed by atoms with Crippen LogP contribution in [0.15, 0.2) is 24.3 Å². The second-order valence-electron chi connectivity index (χ2n) is 3.37. The molecule has 3 nitrogen and oxygen atoms in total. The Hall–Kier alpha value is -0.900. The number of ketones is 1. The highest BCUT2D eigenvalue weighted by atomic mass is 35.5. The minimum absolute atomic E-state index is 0.00972. The van der Waals surface area contributed by atoms with Gasteiger partial charge in [-0.05, 0) is 19.1 Å². The number of Topliss-reactive ketones (excluding diaryl/α,β-unsaturated/α-hetero) is 1. The van der Waals surface area contributed by atoms with Gasteiger partial charge in [-0.3, -0.25) is 4.79 Å². The molecule has 1 rings (SSSR count). The second-order valence-corrected chi connectivity index (χ2v) is 3.77. The molecule has 1 atom stereocenters. The number of benzene rings is 1. The van der Waals surface area contributed by atoms with Crippen molar-refractivity contribution in [2.24, 2.45) is 0 Å². The lowest BCUT2D eigenvalue weighted by Gasteiger charge is -2.10. The van der Waals surface area contributed by atoms with Crippen molar-refractivity contribution in [1.82, 2.24) is 5.32 Å². The number of aliphatic hydroxyl groups is 1. The summed E-state index contributed by atoms with van der Waals surface area (Å²) in [5, 5.41) is 12.1. The van der Waals surface area contributed by atoms with E-state index in [1.807, 2.05) is 0 Å². The molecule has 0 aromatic heterocycles. The highest BCUT2D eigenvalue weighted by molar-refractivity contribution is 6.34. The van der Waals surface area contributed by atoms with Gasteiger partial charge in [0.05, 0.1) is 18.2 Å². The van der Waals surface area contributed by atoms with Crippen molar-refractivity contribution in [1.29, 1.82) is 0 Å². The molecular weight excluding hydrogens is 214 g/mol. The Balaban J connectivity index is 2.58. The summed E-state index contributed by atoms with van der Waals surface area (Å²) in [5.74, 6) is -0.0686. The number of carbonyl (C=O) groups is 1. The molecule has 0 aliphatic carbocycles. The van der Waals surface area contributed by atoms with Crippen LogP contribution >= 0.6 is 11.6 Å². The van der Waals surface area contributed by atoms with Crippen LogP contribution in [0.4, 0.5) is 0 Å². The van der Waals surface area contributed by atoms with Crippen molar-refractivity contribution < 1.29 is 9.90 Å². The predicted octanol–water partition coefficient (Wildman–Crippen LogP) is 1.49. The zero-order valence-electron chi connectivity index (χ0n) is 8.53. The number of hydrogen-bond acceptors (Lipinski definition) is 3. The average molecular weight is 228 g/mol. The van der Waals surface area contributed by atoms with Crippen LogP contribution in [0.1, 0.15) is 17.3 Å². The van der Waals surface area contributed by atoms with E-state index in [-0.39, 0.29) is 25.0 Å². The van der Waals surface area contributed by atoms with E-state index in [9.17, 15) is 4.79 Å². The molecule has 4 heteroatoms. The minimum Gasteiger partial charge on any atom is -0.395 e. The van der Waals surface area contributed by atoms with E-state index in [2.05, 4.69) is 5.32 Å². The molecular formula is C11H14ClNO2. The first kappa shape index (κ1) is 12.2. The number of carbonyl (C=O) groups excluding carboxylic acids is 1. The molecule has 2 N–H and O–H groups in total. The first-order valence-electron chi connectivity index (χ1n) is 4.77. The molecule has 1 unspecified atom stereocenters. The van der Waals surface area contributed by atoms with Crippen LogP contribution in [-0.2, 0) is 0 Å². The van der Waals surface area contributed by atoms with Gasteiger partial charge >= 0.3 is 0 Å². The number of rotatable bonds is 5. The molecule has 1 aromatic rings. The number of aliphatic hydroxyl groups excluding tert-OH is 1. The van der Waals surface area contributed by atoms with Gasteiger partial charge in [0.2, 0.25) is 0 Å². The summed E-state index contributed by atoms with van der Waals surface area (Å²) in [4.78, 5) is 11.7. The van der Waals surface area contributed by atoms with Crippen molar-refractivity contribution in [3.05, 3.63) is 34.9 Å². The first-order valence-corrected chi connectivity index (χ1v) is 5.15. The molecule has 0 radical (unpaired) electrons. The van der Waals surface area contributed by atoms with Gasteiger partial charge in [-0.1, -0.05) is 23.7 Å². The fourth-order valence-electron chi connectivity index (χ4n) is 1.11. The van der Waals surface area contributed by atoms with Gasteiger partial charge in [0, 0.05) is 11.6 Å². The predicted molar refractivity (Wildman–Crippen MR) is 60.3 cm³/mol. The van der Waals surface area contributed by atoms with Gasteiger partial charge in [-0.25, -0.2) is 0 Å². The largest absolute Gasteiger partial charge is 0.395 e.